The quantitative estimate of drug-likeness (QED) is 0.739. The lowest BCUT2D eigenvalue weighted by molar-refractivity contribution is -0.137. The van der Waals surface area contributed by atoms with E-state index in [0.29, 0.717) is 50.9 Å². The molecule has 0 atom stereocenters. The molecular formula is C21H23F3N6O. The summed E-state index contributed by atoms with van der Waals surface area (Å²) in [6.45, 7) is 7.12. The molecule has 2 aliphatic rings. The van der Waals surface area contributed by atoms with E-state index in [1.54, 1.807) is 12.1 Å². The summed E-state index contributed by atoms with van der Waals surface area (Å²) >= 11 is 0. The number of piperazine rings is 1. The van der Waals surface area contributed by atoms with Crippen molar-refractivity contribution in [2.75, 3.05) is 67.2 Å². The van der Waals surface area contributed by atoms with Crippen molar-refractivity contribution in [2.24, 2.45) is 0 Å². The average Bonchev–Trinajstić information content (AvgIpc) is 2.78. The summed E-state index contributed by atoms with van der Waals surface area (Å²) in [5, 5.41) is 8.99. The maximum absolute atomic E-state index is 13.3. The highest BCUT2D eigenvalue weighted by molar-refractivity contribution is 5.57. The van der Waals surface area contributed by atoms with Gasteiger partial charge in [0.15, 0.2) is 0 Å². The molecule has 2 fully saturated rings. The minimum absolute atomic E-state index is 0.359. The van der Waals surface area contributed by atoms with Crippen molar-refractivity contribution in [3.05, 3.63) is 41.2 Å². The van der Waals surface area contributed by atoms with Crippen molar-refractivity contribution in [1.82, 2.24) is 9.97 Å². The van der Waals surface area contributed by atoms with E-state index in [-0.39, 0.29) is 5.56 Å². The molecule has 4 rings (SSSR count). The zero-order valence-corrected chi connectivity index (χ0v) is 17.2. The Morgan fingerprint density at radius 3 is 2.06 bits per heavy atom. The predicted molar refractivity (Wildman–Crippen MR) is 110 cm³/mol. The number of nitrogens with zero attached hydrogens (tertiary/aromatic N) is 6. The standard InChI is InChI=1S/C21H23F3N6O/c1-15-26-19(13-20(27-15)30-8-10-31-11-9-30)29-6-4-28(5-7-29)17-3-2-16(14-25)18(12-17)21(22,23)24/h2-3,12-13H,4-11H2,1H3. The Morgan fingerprint density at radius 2 is 1.48 bits per heavy atom. The molecular weight excluding hydrogens is 409 g/mol. The molecule has 2 saturated heterocycles. The van der Waals surface area contributed by atoms with Gasteiger partial charge in [0.05, 0.1) is 30.4 Å². The molecule has 31 heavy (non-hydrogen) atoms. The zero-order chi connectivity index (χ0) is 22.0. The number of benzene rings is 1. The number of alkyl halides is 3. The highest BCUT2D eigenvalue weighted by Gasteiger charge is 2.34. The number of halogens is 3. The smallest absolute Gasteiger partial charge is 0.378 e. The molecule has 0 unspecified atom stereocenters. The van der Waals surface area contributed by atoms with Crippen LogP contribution in [0.15, 0.2) is 24.3 Å². The second kappa shape index (κ2) is 8.59. The largest absolute Gasteiger partial charge is 0.417 e. The molecule has 0 bridgehead atoms. The van der Waals surface area contributed by atoms with Crippen LogP contribution in [0.5, 0.6) is 0 Å². The van der Waals surface area contributed by atoms with Gasteiger partial charge in [-0.05, 0) is 25.1 Å². The number of anilines is 3. The lowest BCUT2D eigenvalue weighted by atomic mass is 10.1. The molecule has 1 aromatic heterocycles. The highest BCUT2D eigenvalue weighted by Crippen LogP contribution is 2.34. The molecule has 2 aliphatic heterocycles. The van der Waals surface area contributed by atoms with Crippen molar-refractivity contribution in [3.63, 3.8) is 0 Å². The Balaban J connectivity index is 1.48. The number of hydrogen-bond acceptors (Lipinski definition) is 7. The van der Waals surface area contributed by atoms with E-state index >= 15 is 0 Å². The summed E-state index contributed by atoms with van der Waals surface area (Å²) in [7, 11) is 0. The fourth-order valence-electron chi connectivity index (χ4n) is 3.91. The van der Waals surface area contributed by atoms with Gasteiger partial charge in [-0.3, -0.25) is 0 Å². The number of aromatic nitrogens is 2. The first-order chi connectivity index (χ1) is 14.8. The fourth-order valence-corrected chi connectivity index (χ4v) is 3.91. The molecule has 1 aromatic carbocycles. The van der Waals surface area contributed by atoms with Gasteiger partial charge in [0, 0.05) is 51.0 Å². The minimum atomic E-state index is -4.56. The van der Waals surface area contributed by atoms with Crippen molar-refractivity contribution in [2.45, 2.75) is 13.1 Å². The number of ether oxygens (including phenoxy) is 1. The Bertz CT molecular complexity index is 976. The Kier molecular flexibility index (Phi) is 5.87. The lowest BCUT2D eigenvalue weighted by Gasteiger charge is -2.37. The Morgan fingerprint density at radius 1 is 0.903 bits per heavy atom. The Hall–Kier alpha value is -3.06. The number of hydrogen-bond donors (Lipinski definition) is 0. The molecule has 164 valence electrons. The second-order valence-corrected chi connectivity index (χ2v) is 7.54. The summed E-state index contributed by atoms with van der Waals surface area (Å²) in [5.74, 6) is 2.38. The second-order valence-electron chi connectivity index (χ2n) is 7.54. The van der Waals surface area contributed by atoms with Gasteiger partial charge in [0.25, 0.3) is 0 Å². The molecule has 0 saturated carbocycles. The van der Waals surface area contributed by atoms with E-state index < -0.39 is 11.7 Å². The maximum atomic E-state index is 13.3. The number of rotatable bonds is 3. The van der Waals surface area contributed by atoms with Gasteiger partial charge in [0.2, 0.25) is 0 Å². The monoisotopic (exact) mass is 432 g/mol. The van der Waals surface area contributed by atoms with E-state index in [9.17, 15) is 13.2 Å². The first kappa shape index (κ1) is 21.2. The fraction of sp³-hybridized carbons (Fsp3) is 0.476. The maximum Gasteiger partial charge on any atom is 0.417 e. The van der Waals surface area contributed by atoms with Crippen LogP contribution in [0.25, 0.3) is 0 Å². The van der Waals surface area contributed by atoms with Crippen LogP contribution in [-0.4, -0.2) is 62.5 Å². The van der Waals surface area contributed by atoms with Crippen molar-refractivity contribution < 1.29 is 17.9 Å². The first-order valence-corrected chi connectivity index (χ1v) is 10.1. The molecule has 3 heterocycles. The molecule has 2 aromatic rings. The molecule has 0 amide bonds. The van der Waals surface area contributed by atoms with Crippen LogP contribution >= 0.6 is 0 Å². The summed E-state index contributed by atoms with van der Waals surface area (Å²) in [6.07, 6.45) is -4.56. The van der Waals surface area contributed by atoms with Crippen LogP contribution < -0.4 is 14.7 Å². The highest BCUT2D eigenvalue weighted by atomic mass is 19.4. The molecule has 0 N–H and O–H groups in total. The molecule has 0 radical (unpaired) electrons. The summed E-state index contributed by atoms with van der Waals surface area (Å²) < 4.78 is 45.3. The SMILES string of the molecule is Cc1nc(N2CCOCC2)cc(N2CCN(c3ccc(C#N)c(C(F)(F)F)c3)CC2)n1. The van der Waals surface area contributed by atoms with Crippen LogP contribution in [0.4, 0.5) is 30.5 Å². The average molecular weight is 432 g/mol. The van der Waals surface area contributed by atoms with E-state index in [0.717, 1.165) is 30.8 Å². The van der Waals surface area contributed by atoms with Gasteiger partial charge < -0.3 is 19.4 Å². The number of morpholine rings is 1. The van der Waals surface area contributed by atoms with Gasteiger partial charge in [-0.15, -0.1) is 0 Å². The van der Waals surface area contributed by atoms with Crippen molar-refractivity contribution >= 4 is 17.3 Å². The van der Waals surface area contributed by atoms with Crippen LogP contribution in [0.1, 0.15) is 17.0 Å². The zero-order valence-electron chi connectivity index (χ0n) is 17.2. The summed E-state index contributed by atoms with van der Waals surface area (Å²) in [5.41, 5.74) is -0.780. The number of nitriles is 1. The topological polar surface area (TPSA) is 68.5 Å². The first-order valence-electron chi connectivity index (χ1n) is 10.1. The van der Waals surface area contributed by atoms with Gasteiger partial charge >= 0.3 is 6.18 Å². The summed E-state index contributed by atoms with van der Waals surface area (Å²) in [4.78, 5) is 15.3. The summed E-state index contributed by atoms with van der Waals surface area (Å²) in [6, 6.07) is 7.49. The van der Waals surface area contributed by atoms with Crippen LogP contribution in [-0.2, 0) is 10.9 Å². The van der Waals surface area contributed by atoms with Crippen LogP contribution in [0.2, 0.25) is 0 Å². The lowest BCUT2D eigenvalue weighted by Crippen LogP contribution is -2.47. The molecule has 10 heteroatoms. The van der Waals surface area contributed by atoms with Crippen LogP contribution in [0, 0.1) is 18.3 Å². The van der Waals surface area contributed by atoms with E-state index in [2.05, 4.69) is 19.8 Å². The van der Waals surface area contributed by atoms with Gasteiger partial charge in [-0.2, -0.15) is 18.4 Å². The minimum Gasteiger partial charge on any atom is -0.378 e. The van der Waals surface area contributed by atoms with Gasteiger partial charge in [0.1, 0.15) is 17.5 Å². The normalized spacial score (nSPS) is 17.6. The van der Waals surface area contributed by atoms with E-state index in [4.69, 9.17) is 10.00 Å². The van der Waals surface area contributed by atoms with Gasteiger partial charge in [-0.1, -0.05) is 0 Å². The Labute approximate surface area is 178 Å². The third kappa shape index (κ3) is 4.66. The molecule has 0 aliphatic carbocycles. The van der Waals surface area contributed by atoms with Crippen molar-refractivity contribution in [3.8, 4) is 6.07 Å². The van der Waals surface area contributed by atoms with Crippen molar-refractivity contribution in [1.29, 1.82) is 5.26 Å². The predicted octanol–water partition coefficient (Wildman–Crippen LogP) is 2.84. The molecule has 0 spiro atoms. The number of aryl methyl sites for hydroxylation is 1. The third-order valence-corrected chi connectivity index (χ3v) is 5.54. The molecule has 7 nitrogen and oxygen atoms in total. The van der Waals surface area contributed by atoms with E-state index in [1.807, 2.05) is 17.9 Å². The third-order valence-electron chi connectivity index (χ3n) is 5.54. The van der Waals surface area contributed by atoms with Gasteiger partial charge in [-0.25, -0.2) is 9.97 Å². The van der Waals surface area contributed by atoms with Crippen LogP contribution in [0.3, 0.4) is 0 Å². The van der Waals surface area contributed by atoms with E-state index in [1.165, 1.54) is 6.07 Å².